The van der Waals surface area contributed by atoms with E-state index in [1.807, 2.05) is 69.3 Å². The summed E-state index contributed by atoms with van der Waals surface area (Å²) in [6.45, 7) is 5.92. The molecule has 0 radical (unpaired) electrons. The van der Waals surface area contributed by atoms with E-state index in [4.69, 9.17) is 18.9 Å². The minimum atomic E-state index is -0.885. The lowest BCUT2D eigenvalue weighted by Crippen LogP contribution is -2.40. The van der Waals surface area contributed by atoms with E-state index in [0.717, 1.165) is 39.3 Å². The van der Waals surface area contributed by atoms with Crippen molar-refractivity contribution in [3.05, 3.63) is 82.4 Å². The first-order valence-corrected chi connectivity index (χ1v) is 11.4. The van der Waals surface area contributed by atoms with Crippen LogP contribution in [0.3, 0.4) is 0 Å². The van der Waals surface area contributed by atoms with E-state index < -0.39 is 17.3 Å². The Labute approximate surface area is 207 Å². The molecule has 0 amide bonds. The molecule has 0 saturated heterocycles. The number of ether oxygens (including phenoxy) is 4. The first-order chi connectivity index (χ1) is 16.7. The summed E-state index contributed by atoms with van der Waals surface area (Å²) in [5.41, 5.74) is 3.67. The molecule has 0 aliphatic carbocycles. The summed E-state index contributed by atoms with van der Waals surface area (Å²) < 4.78 is 21.7. The monoisotopic (exact) mass is 478 g/mol. The van der Waals surface area contributed by atoms with Gasteiger partial charge in [-0.05, 0) is 72.4 Å². The number of carboxylic acids is 1. The van der Waals surface area contributed by atoms with Crippen molar-refractivity contribution in [3.8, 4) is 23.0 Å². The van der Waals surface area contributed by atoms with E-state index in [2.05, 4.69) is 0 Å². The molecule has 3 rings (SSSR count). The normalized spacial score (nSPS) is 12.1. The van der Waals surface area contributed by atoms with Gasteiger partial charge in [0, 0.05) is 5.41 Å². The molecule has 1 atom stereocenters. The van der Waals surface area contributed by atoms with Gasteiger partial charge >= 0.3 is 5.97 Å². The van der Waals surface area contributed by atoms with Crippen LogP contribution >= 0.6 is 0 Å². The maximum Gasteiger partial charge on any atom is 0.308 e. The van der Waals surface area contributed by atoms with Crippen molar-refractivity contribution in [2.24, 2.45) is 5.92 Å². The Balaban J connectivity index is 2.21. The summed E-state index contributed by atoms with van der Waals surface area (Å²) >= 11 is 0. The molecule has 0 bridgehead atoms. The van der Waals surface area contributed by atoms with Crippen molar-refractivity contribution >= 4 is 5.97 Å². The fourth-order valence-electron chi connectivity index (χ4n) is 4.75. The fourth-order valence-corrected chi connectivity index (χ4v) is 4.75. The van der Waals surface area contributed by atoms with Gasteiger partial charge in [0.05, 0.1) is 34.4 Å². The fraction of sp³-hybridized carbons (Fsp3) is 0.345. The van der Waals surface area contributed by atoms with Crippen molar-refractivity contribution < 1.29 is 28.8 Å². The lowest BCUT2D eigenvalue weighted by atomic mass is 9.65. The zero-order chi connectivity index (χ0) is 25.8. The largest absolute Gasteiger partial charge is 0.496 e. The van der Waals surface area contributed by atoms with Gasteiger partial charge in [0.2, 0.25) is 0 Å². The van der Waals surface area contributed by atoms with Crippen LogP contribution in [-0.2, 0) is 16.6 Å². The van der Waals surface area contributed by atoms with Crippen LogP contribution in [0, 0.1) is 19.8 Å². The molecule has 0 aliphatic rings. The molecule has 0 saturated carbocycles. The molecule has 1 N–H and O–H groups in total. The van der Waals surface area contributed by atoms with Gasteiger partial charge in [0.1, 0.15) is 11.5 Å². The lowest BCUT2D eigenvalue weighted by Gasteiger charge is -2.37. The van der Waals surface area contributed by atoms with E-state index in [1.54, 1.807) is 34.5 Å². The van der Waals surface area contributed by atoms with Gasteiger partial charge < -0.3 is 24.1 Å². The molecule has 186 valence electrons. The number of rotatable bonds is 10. The number of aryl methyl sites for hydroxylation is 2. The van der Waals surface area contributed by atoms with Crippen LogP contribution in [0.4, 0.5) is 0 Å². The summed E-state index contributed by atoms with van der Waals surface area (Å²) in [4.78, 5) is 12.9. The number of carbonyl (C=O) groups is 1. The van der Waals surface area contributed by atoms with Gasteiger partial charge in [-0.15, -0.1) is 0 Å². The Bertz CT molecular complexity index is 1150. The molecular formula is C29H34O6. The van der Waals surface area contributed by atoms with E-state index in [-0.39, 0.29) is 0 Å². The van der Waals surface area contributed by atoms with Crippen LogP contribution in [0.5, 0.6) is 23.0 Å². The van der Waals surface area contributed by atoms with Crippen molar-refractivity contribution in [3.63, 3.8) is 0 Å². The van der Waals surface area contributed by atoms with Crippen LogP contribution in [0.15, 0.2) is 54.6 Å². The first-order valence-electron chi connectivity index (χ1n) is 11.4. The molecule has 0 unspecified atom stereocenters. The summed E-state index contributed by atoms with van der Waals surface area (Å²) in [6.07, 6.45) is 0.294. The van der Waals surface area contributed by atoms with Gasteiger partial charge in [-0.1, -0.05) is 37.3 Å². The average molecular weight is 479 g/mol. The average Bonchev–Trinajstić information content (AvgIpc) is 2.86. The summed E-state index contributed by atoms with van der Waals surface area (Å²) in [7, 11) is 6.41. The molecule has 6 nitrogen and oxygen atoms in total. The number of methoxy groups -OCH3 is 4. The van der Waals surface area contributed by atoms with E-state index in [0.29, 0.717) is 17.9 Å². The Morgan fingerprint density at radius 2 is 1.20 bits per heavy atom. The second-order valence-corrected chi connectivity index (χ2v) is 8.86. The predicted octanol–water partition coefficient (Wildman–Crippen LogP) is 5.59. The highest BCUT2D eigenvalue weighted by Crippen LogP contribution is 2.44. The summed E-state index contributed by atoms with van der Waals surface area (Å²) in [6, 6.07) is 17.3. The third-order valence-corrected chi connectivity index (χ3v) is 6.87. The van der Waals surface area contributed by atoms with Crippen LogP contribution in [0.1, 0.15) is 34.7 Å². The highest BCUT2D eigenvalue weighted by atomic mass is 16.5. The Kier molecular flexibility index (Phi) is 7.95. The molecule has 0 spiro atoms. The van der Waals surface area contributed by atoms with Gasteiger partial charge in [-0.2, -0.15) is 0 Å². The smallest absolute Gasteiger partial charge is 0.308 e. The molecule has 35 heavy (non-hydrogen) atoms. The number of aliphatic carboxylic acids is 1. The van der Waals surface area contributed by atoms with Gasteiger partial charge in [-0.25, -0.2) is 0 Å². The second kappa shape index (κ2) is 10.7. The number of benzene rings is 3. The molecule has 0 fully saturated rings. The molecule has 0 aromatic heterocycles. The van der Waals surface area contributed by atoms with Crippen LogP contribution in [-0.4, -0.2) is 39.5 Å². The molecular weight excluding hydrogens is 444 g/mol. The maximum atomic E-state index is 12.9. The zero-order valence-electron chi connectivity index (χ0n) is 21.5. The van der Waals surface area contributed by atoms with Crippen molar-refractivity contribution in [2.45, 2.75) is 32.6 Å². The molecule has 3 aromatic carbocycles. The lowest BCUT2D eigenvalue weighted by molar-refractivity contribution is -0.143. The molecule has 6 heteroatoms. The SMILES string of the molecule is COc1ccc(C(C)(c2ccc(OC)c(C)c2)[C@H](Cc2ccc(OC)c(OC)c2)C(=O)O)cc1C. The molecule has 3 aromatic rings. The van der Waals surface area contributed by atoms with Crippen molar-refractivity contribution in [1.82, 2.24) is 0 Å². The molecule has 0 aliphatic heterocycles. The van der Waals surface area contributed by atoms with E-state index in [1.165, 1.54) is 0 Å². The van der Waals surface area contributed by atoms with Crippen LogP contribution in [0.2, 0.25) is 0 Å². The minimum Gasteiger partial charge on any atom is -0.496 e. The Morgan fingerprint density at radius 3 is 1.60 bits per heavy atom. The number of carboxylic acid groups (broad SMARTS) is 1. The van der Waals surface area contributed by atoms with Crippen molar-refractivity contribution in [1.29, 1.82) is 0 Å². The zero-order valence-corrected chi connectivity index (χ0v) is 21.5. The topological polar surface area (TPSA) is 74.2 Å². The third-order valence-electron chi connectivity index (χ3n) is 6.87. The van der Waals surface area contributed by atoms with Gasteiger partial charge in [-0.3, -0.25) is 4.79 Å². The first kappa shape index (κ1) is 25.9. The standard InChI is InChI=1S/C29H34O6/c1-18-14-21(9-12-24(18)32-4)29(3,22-10-13-25(33-5)19(2)15-22)23(28(30)31)16-20-8-11-26(34-6)27(17-20)35-7/h8-15,17,23H,16H2,1-7H3,(H,30,31)/t23-/m1/s1. The Hall–Kier alpha value is -3.67. The van der Waals surface area contributed by atoms with E-state index in [9.17, 15) is 9.90 Å². The summed E-state index contributed by atoms with van der Waals surface area (Å²) in [5.74, 6) is 1.02. The molecule has 0 heterocycles. The predicted molar refractivity (Wildman–Crippen MR) is 136 cm³/mol. The third kappa shape index (κ3) is 5.06. The highest BCUT2D eigenvalue weighted by molar-refractivity contribution is 5.75. The van der Waals surface area contributed by atoms with Gasteiger partial charge in [0.15, 0.2) is 11.5 Å². The van der Waals surface area contributed by atoms with Crippen LogP contribution in [0.25, 0.3) is 0 Å². The quantitative estimate of drug-likeness (QED) is 0.410. The maximum absolute atomic E-state index is 12.9. The Morgan fingerprint density at radius 1 is 0.743 bits per heavy atom. The summed E-state index contributed by atoms with van der Waals surface area (Å²) in [5, 5.41) is 10.6. The second-order valence-electron chi connectivity index (χ2n) is 8.86. The number of hydrogen-bond acceptors (Lipinski definition) is 5. The van der Waals surface area contributed by atoms with E-state index >= 15 is 0 Å². The number of hydrogen-bond donors (Lipinski definition) is 1. The van der Waals surface area contributed by atoms with Crippen LogP contribution < -0.4 is 18.9 Å². The highest BCUT2D eigenvalue weighted by Gasteiger charge is 2.43. The van der Waals surface area contributed by atoms with Crippen molar-refractivity contribution in [2.75, 3.05) is 28.4 Å². The van der Waals surface area contributed by atoms with Gasteiger partial charge in [0.25, 0.3) is 0 Å². The minimum absolute atomic E-state index is 0.294.